The number of urea groups is 1. The molecule has 0 radical (unpaired) electrons. The maximum Gasteiger partial charge on any atom is 0.338 e. The fourth-order valence-corrected chi connectivity index (χ4v) is 5.04. The number of hydrogen-bond acceptors (Lipinski definition) is 6. The SMILES string of the molecule is NC(=O)N(O)CCC#Cc1ccc(OCCN2CCN([C@H](c3ccccc3)c3ccc(Cl)cc3)CC2)c(/C=C/C(=O)O)c1. The van der Waals surface area contributed by atoms with Gasteiger partial charge in [-0.05, 0) is 47.5 Å². The fraction of sp³-hybridized carbons (Fsp3) is 0.273. The predicted molar refractivity (Wildman–Crippen MR) is 166 cm³/mol. The highest BCUT2D eigenvalue weighted by Gasteiger charge is 2.26. The number of carbonyl (C=O) groups is 2. The van der Waals surface area contributed by atoms with Crippen LogP contribution < -0.4 is 10.5 Å². The Hall–Kier alpha value is -4.33. The summed E-state index contributed by atoms with van der Waals surface area (Å²) >= 11 is 6.16. The van der Waals surface area contributed by atoms with E-state index in [1.807, 2.05) is 18.2 Å². The van der Waals surface area contributed by atoms with Gasteiger partial charge < -0.3 is 15.6 Å². The van der Waals surface area contributed by atoms with E-state index in [-0.39, 0.29) is 19.0 Å². The summed E-state index contributed by atoms with van der Waals surface area (Å²) in [7, 11) is 0. The van der Waals surface area contributed by atoms with Crippen LogP contribution >= 0.6 is 11.6 Å². The van der Waals surface area contributed by atoms with Gasteiger partial charge in [0.1, 0.15) is 12.4 Å². The third-order valence-electron chi connectivity index (χ3n) is 7.09. The van der Waals surface area contributed by atoms with E-state index in [2.05, 4.69) is 58.0 Å². The van der Waals surface area contributed by atoms with Gasteiger partial charge in [0.25, 0.3) is 0 Å². The number of amides is 2. The topological polar surface area (TPSA) is 120 Å². The smallest absolute Gasteiger partial charge is 0.338 e. The Labute approximate surface area is 256 Å². The first-order valence-electron chi connectivity index (χ1n) is 14.0. The van der Waals surface area contributed by atoms with Gasteiger partial charge in [-0.1, -0.05) is 65.9 Å². The minimum atomic E-state index is -1.07. The summed E-state index contributed by atoms with van der Waals surface area (Å²) in [5.74, 6) is 5.30. The number of primary amides is 1. The van der Waals surface area contributed by atoms with Crippen LogP contribution in [-0.4, -0.2) is 83.1 Å². The van der Waals surface area contributed by atoms with E-state index in [0.29, 0.717) is 28.5 Å². The van der Waals surface area contributed by atoms with Crippen LogP contribution in [0.2, 0.25) is 5.02 Å². The van der Waals surface area contributed by atoms with E-state index in [1.54, 1.807) is 18.2 Å². The Bertz CT molecular complexity index is 1460. The molecular weight excluding hydrogens is 568 g/mol. The Morgan fingerprint density at radius 1 is 1.02 bits per heavy atom. The number of aliphatic carboxylic acids is 1. The lowest BCUT2D eigenvalue weighted by molar-refractivity contribution is -0.131. The normalized spacial score (nSPS) is 14.6. The Kier molecular flexibility index (Phi) is 11.6. The van der Waals surface area contributed by atoms with Crippen LogP contribution in [-0.2, 0) is 4.79 Å². The highest BCUT2D eigenvalue weighted by atomic mass is 35.5. The van der Waals surface area contributed by atoms with Gasteiger partial charge in [-0.15, -0.1) is 0 Å². The van der Waals surface area contributed by atoms with Crippen molar-refractivity contribution in [3.63, 3.8) is 0 Å². The van der Waals surface area contributed by atoms with Crippen molar-refractivity contribution >= 4 is 29.7 Å². The highest BCUT2D eigenvalue weighted by molar-refractivity contribution is 6.30. The van der Waals surface area contributed by atoms with E-state index in [1.165, 1.54) is 17.2 Å². The summed E-state index contributed by atoms with van der Waals surface area (Å²) in [5, 5.41) is 19.6. The third-order valence-corrected chi connectivity index (χ3v) is 7.34. The van der Waals surface area contributed by atoms with Crippen molar-refractivity contribution in [2.24, 2.45) is 5.73 Å². The first kappa shape index (κ1) is 31.6. The molecule has 224 valence electrons. The van der Waals surface area contributed by atoms with Crippen molar-refractivity contribution in [1.82, 2.24) is 14.9 Å². The molecule has 0 aromatic heterocycles. The molecule has 0 spiro atoms. The summed E-state index contributed by atoms with van der Waals surface area (Å²) in [5.41, 5.74) is 8.68. The van der Waals surface area contributed by atoms with Gasteiger partial charge >= 0.3 is 12.0 Å². The molecule has 1 heterocycles. The number of hydroxylamine groups is 2. The number of hydrogen-bond donors (Lipinski definition) is 3. The quantitative estimate of drug-likeness (QED) is 0.126. The van der Waals surface area contributed by atoms with Crippen LogP contribution in [0.5, 0.6) is 5.75 Å². The number of halogens is 1. The number of carboxylic acids is 1. The standard InChI is InChI=1S/C33H35ClN4O5/c34-29-13-10-27(11-14-29)32(26-7-2-1-3-8-26)37-20-18-36(19-21-37)22-23-43-30-15-9-25(24-28(30)12-16-31(39)40)6-4-5-17-38(42)33(35)41/h1-3,7-16,24,32,42H,5,17-23H2,(H2,35,41)(H,39,40)/b16-12+/t32-/m1/s1. The molecular formula is C33H35ClN4O5. The Morgan fingerprint density at radius 3 is 2.40 bits per heavy atom. The Morgan fingerprint density at radius 2 is 1.72 bits per heavy atom. The van der Waals surface area contributed by atoms with E-state index in [0.717, 1.165) is 43.8 Å². The Balaban J connectivity index is 1.34. The number of nitrogens with two attached hydrogens (primary N) is 1. The lowest BCUT2D eigenvalue weighted by atomic mass is 9.96. The van der Waals surface area contributed by atoms with Gasteiger partial charge in [-0.2, -0.15) is 0 Å². The summed E-state index contributed by atoms with van der Waals surface area (Å²) in [4.78, 5) is 26.9. The number of carbonyl (C=O) groups excluding carboxylic acids is 1. The van der Waals surface area contributed by atoms with Crippen molar-refractivity contribution in [3.05, 3.63) is 106 Å². The molecule has 0 bridgehead atoms. The molecule has 1 aliphatic rings. The summed E-state index contributed by atoms with van der Waals surface area (Å²) in [6.45, 7) is 4.73. The molecule has 1 aliphatic heterocycles. The average molecular weight is 603 g/mol. The first-order chi connectivity index (χ1) is 20.8. The molecule has 2 amide bonds. The number of carboxylic acid groups (broad SMARTS) is 1. The van der Waals surface area contributed by atoms with Crippen LogP contribution in [0.4, 0.5) is 4.79 Å². The molecule has 3 aromatic rings. The number of piperazine rings is 1. The third kappa shape index (κ3) is 9.60. The summed E-state index contributed by atoms with van der Waals surface area (Å²) in [6.07, 6.45) is 2.75. The molecule has 3 aromatic carbocycles. The minimum Gasteiger partial charge on any atom is -0.492 e. The van der Waals surface area contributed by atoms with Gasteiger partial charge in [-0.3, -0.25) is 15.0 Å². The summed E-state index contributed by atoms with van der Waals surface area (Å²) < 4.78 is 6.08. The van der Waals surface area contributed by atoms with Crippen LogP contribution in [0.3, 0.4) is 0 Å². The van der Waals surface area contributed by atoms with E-state index in [9.17, 15) is 14.8 Å². The monoisotopic (exact) mass is 602 g/mol. The van der Waals surface area contributed by atoms with Gasteiger partial charge in [-0.25, -0.2) is 14.7 Å². The van der Waals surface area contributed by atoms with Gasteiger partial charge in [0.15, 0.2) is 0 Å². The number of rotatable bonds is 11. The van der Waals surface area contributed by atoms with Gasteiger partial charge in [0.2, 0.25) is 0 Å². The second kappa shape index (κ2) is 15.8. The number of ether oxygens (including phenoxy) is 1. The number of nitrogens with zero attached hydrogens (tertiary/aromatic N) is 3. The maximum atomic E-state index is 11.2. The molecule has 0 aliphatic carbocycles. The van der Waals surface area contributed by atoms with Crippen molar-refractivity contribution in [2.75, 3.05) is 45.9 Å². The maximum absolute atomic E-state index is 11.2. The molecule has 9 nitrogen and oxygen atoms in total. The molecule has 0 saturated carbocycles. The molecule has 4 N–H and O–H groups in total. The van der Waals surface area contributed by atoms with Crippen LogP contribution in [0.25, 0.3) is 6.08 Å². The van der Waals surface area contributed by atoms with Crippen LogP contribution in [0.15, 0.2) is 78.9 Å². The number of benzene rings is 3. The van der Waals surface area contributed by atoms with Crippen LogP contribution in [0, 0.1) is 11.8 Å². The van der Waals surface area contributed by atoms with Crippen molar-refractivity contribution in [1.29, 1.82) is 0 Å². The van der Waals surface area contributed by atoms with Gasteiger partial charge in [0.05, 0.1) is 12.6 Å². The lowest BCUT2D eigenvalue weighted by Gasteiger charge is -2.39. The van der Waals surface area contributed by atoms with Crippen LogP contribution in [0.1, 0.15) is 34.7 Å². The lowest BCUT2D eigenvalue weighted by Crippen LogP contribution is -2.48. The van der Waals surface area contributed by atoms with Crippen molar-refractivity contribution in [3.8, 4) is 17.6 Å². The average Bonchev–Trinajstić information content (AvgIpc) is 3.01. The van der Waals surface area contributed by atoms with Crippen molar-refractivity contribution < 1.29 is 24.6 Å². The largest absolute Gasteiger partial charge is 0.492 e. The van der Waals surface area contributed by atoms with Crippen molar-refractivity contribution in [2.45, 2.75) is 12.5 Å². The zero-order chi connectivity index (χ0) is 30.6. The second-order valence-electron chi connectivity index (χ2n) is 10.0. The molecule has 43 heavy (non-hydrogen) atoms. The van der Waals surface area contributed by atoms with Gasteiger partial charge in [0, 0.05) is 61.4 Å². The molecule has 4 rings (SSSR count). The molecule has 1 fully saturated rings. The summed E-state index contributed by atoms with van der Waals surface area (Å²) in [6, 6.07) is 23.1. The second-order valence-corrected chi connectivity index (χ2v) is 10.5. The highest BCUT2D eigenvalue weighted by Crippen LogP contribution is 2.30. The minimum absolute atomic E-state index is 0.0163. The zero-order valence-electron chi connectivity index (χ0n) is 23.7. The molecule has 10 heteroatoms. The molecule has 1 saturated heterocycles. The van der Waals surface area contributed by atoms with E-state index in [4.69, 9.17) is 27.2 Å². The van der Waals surface area contributed by atoms with E-state index < -0.39 is 12.0 Å². The zero-order valence-corrected chi connectivity index (χ0v) is 24.5. The first-order valence-corrected chi connectivity index (χ1v) is 14.4. The molecule has 1 atom stereocenters. The molecule has 0 unspecified atom stereocenters. The fourth-order valence-electron chi connectivity index (χ4n) is 4.91. The predicted octanol–water partition coefficient (Wildman–Crippen LogP) is 4.74. The van der Waals surface area contributed by atoms with E-state index >= 15 is 0 Å².